The van der Waals surface area contributed by atoms with E-state index >= 15 is 0 Å². The lowest BCUT2D eigenvalue weighted by molar-refractivity contribution is 0.0886. The minimum atomic E-state index is -0.103. The number of Topliss-reactive ketones (excluding diaryl/α,β-unsaturated/α-hetero) is 1. The maximum absolute atomic E-state index is 13.1. The molecule has 6 heteroatoms. The van der Waals surface area contributed by atoms with E-state index in [1.807, 2.05) is 37.3 Å². The Hall–Kier alpha value is -3.09. The van der Waals surface area contributed by atoms with Crippen LogP contribution >= 0.6 is 11.3 Å². The molecule has 5 nitrogen and oxygen atoms in total. The van der Waals surface area contributed by atoms with Crippen LogP contribution in [0.15, 0.2) is 53.6 Å². The molecule has 0 aliphatic carbocycles. The molecule has 3 aromatic rings. The van der Waals surface area contributed by atoms with E-state index < -0.39 is 0 Å². The molecule has 0 saturated carbocycles. The monoisotopic (exact) mass is 419 g/mol. The molecular formula is C24H21NO4S. The van der Waals surface area contributed by atoms with Crippen LogP contribution in [0.4, 0.5) is 0 Å². The van der Waals surface area contributed by atoms with E-state index in [4.69, 9.17) is 14.2 Å². The lowest BCUT2D eigenvalue weighted by Gasteiger charge is -2.30. The number of carbonyl (C=O) groups is 1. The van der Waals surface area contributed by atoms with Crippen molar-refractivity contribution in [3.05, 3.63) is 80.7 Å². The number of allylic oxidation sites excluding steroid dienone is 1. The molecule has 2 aliphatic rings. The Labute approximate surface area is 179 Å². The van der Waals surface area contributed by atoms with Crippen molar-refractivity contribution in [1.82, 2.24) is 4.90 Å². The van der Waals surface area contributed by atoms with Crippen molar-refractivity contribution in [2.45, 2.75) is 20.0 Å². The summed E-state index contributed by atoms with van der Waals surface area (Å²) in [5.41, 5.74) is 3.35. The fourth-order valence-electron chi connectivity index (χ4n) is 3.90. The lowest BCUT2D eigenvalue weighted by atomic mass is 10.00. The van der Waals surface area contributed by atoms with Gasteiger partial charge < -0.3 is 14.2 Å². The largest absolute Gasteiger partial charge is 0.497 e. The first-order chi connectivity index (χ1) is 14.6. The summed E-state index contributed by atoms with van der Waals surface area (Å²) < 4.78 is 17.3. The van der Waals surface area contributed by atoms with Crippen LogP contribution < -0.4 is 14.2 Å². The lowest BCUT2D eigenvalue weighted by Crippen LogP contribution is -2.31. The number of ketones is 1. The highest BCUT2D eigenvalue weighted by Gasteiger charge is 2.33. The Morgan fingerprint density at radius 2 is 2.10 bits per heavy atom. The molecule has 0 bridgehead atoms. The highest BCUT2D eigenvalue weighted by Crippen LogP contribution is 2.43. The molecule has 5 rings (SSSR count). The van der Waals surface area contributed by atoms with Gasteiger partial charge in [-0.25, -0.2) is 0 Å². The number of methoxy groups -OCH3 is 1. The van der Waals surface area contributed by atoms with E-state index in [0.29, 0.717) is 23.8 Å². The van der Waals surface area contributed by atoms with Gasteiger partial charge in [0.25, 0.3) is 0 Å². The van der Waals surface area contributed by atoms with Gasteiger partial charge in [0, 0.05) is 29.1 Å². The number of hydrogen-bond donors (Lipinski definition) is 0. The Bertz CT molecular complexity index is 1150. The smallest absolute Gasteiger partial charge is 0.231 e. The summed E-state index contributed by atoms with van der Waals surface area (Å²) in [6.07, 6.45) is 1.76. The zero-order chi connectivity index (χ0) is 20.7. The van der Waals surface area contributed by atoms with E-state index in [9.17, 15) is 4.79 Å². The van der Waals surface area contributed by atoms with Crippen molar-refractivity contribution < 1.29 is 19.0 Å². The topological polar surface area (TPSA) is 48.0 Å². The SMILES string of the molecule is COc1cccc(/C=C2\Oc3c(cc4c(c3C)OCN(Cc3cccs3)C4)C2=O)c1. The van der Waals surface area contributed by atoms with Gasteiger partial charge in [-0.05, 0) is 48.2 Å². The molecule has 0 spiro atoms. The van der Waals surface area contributed by atoms with Gasteiger partial charge in [0.05, 0.1) is 12.7 Å². The second-order valence-electron chi connectivity index (χ2n) is 7.42. The van der Waals surface area contributed by atoms with Crippen molar-refractivity contribution in [2.75, 3.05) is 13.8 Å². The molecule has 0 radical (unpaired) electrons. The zero-order valence-corrected chi connectivity index (χ0v) is 17.6. The summed E-state index contributed by atoms with van der Waals surface area (Å²) in [5.74, 6) is 2.37. The van der Waals surface area contributed by atoms with Gasteiger partial charge in [0.1, 0.15) is 24.0 Å². The maximum Gasteiger partial charge on any atom is 0.231 e. The standard InChI is InChI=1S/C24H21NO4S/c1-15-23-17(12-25(14-28-23)13-19-7-4-8-30-19)11-20-22(26)21(29-24(15)20)10-16-5-3-6-18(9-16)27-2/h3-11H,12-14H2,1-2H3/b21-10-. The van der Waals surface area contributed by atoms with Gasteiger partial charge in [-0.1, -0.05) is 18.2 Å². The number of rotatable bonds is 4. The van der Waals surface area contributed by atoms with Crippen LogP contribution in [0.1, 0.15) is 31.9 Å². The van der Waals surface area contributed by atoms with E-state index in [1.165, 1.54) is 4.88 Å². The van der Waals surface area contributed by atoms with Crippen LogP contribution in [0, 0.1) is 6.92 Å². The predicted molar refractivity (Wildman–Crippen MR) is 116 cm³/mol. The van der Waals surface area contributed by atoms with E-state index in [2.05, 4.69) is 22.4 Å². The number of thiophene rings is 1. The quantitative estimate of drug-likeness (QED) is 0.555. The fourth-order valence-corrected chi connectivity index (χ4v) is 4.65. The molecule has 30 heavy (non-hydrogen) atoms. The van der Waals surface area contributed by atoms with Crippen molar-refractivity contribution in [3.8, 4) is 17.2 Å². The highest BCUT2D eigenvalue weighted by molar-refractivity contribution is 7.09. The van der Waals surface area contributed by atoms with Crippen LogP contribution in [-0.2, 0) is 13.1 Å². The molecule has 0 N–H and O–H groups in total. The minimum Gasteiger partial charge on any atom is -0.497 e. The number of hydrogen-bond acceptors (Lipinski definition) is 6. The first-order valence-electron chi connectivity index (χ1n) is 9.74. The highest BCUT2D eigenvalue weighted by atomic mass is 32.1. The summed E-state index contributed by atoms with van der Waals surface area (Å²) in [4.78, 5) is 16.6. The van der Waals surface area contributed by atoms with Crippen LogP contribution in [0.2, 0.25) is 0 Å². The Balaban J connectivity index is 1.44. The number of benzene rings is 2. The Kier molecular flexibility index (Phi) is 4.81. The summed E-state index contributed by atoms with van der Waals surface area (Å²) in [6.45, 7) is 4.04. The number of ether oxygens (including phenoxy) is 3. The van der Waals surface area contributed by atoms with Crippen LogP contribution in [0.25, 0.3) is 6.08 Å². The summed E-state index contributed by atoms with van der Waals surface area (Å²) in [7, 11) is 1.62. The average Bonchev–Trinajstić information content (AvgIpc) is 3.37. The van der Waals surface area contributed by atoms with Crippen molar-refractivity contribution in [3.63, 3.8) is 0 Å². The molecular weight excluding hydrogens is 398 g/mol. The fraction of sp³-hybridized carbons (Fsp3) is 0.208. The summed E-state index contributed by atoms with van der Waals surface area (Å²) in [5, 5.41) is 2.08. The molecule has 3 heterocycles. The molecule has 0 unspecified atom stereocenters. The van der Waals surface area contributed by atoms with Crippen molar-refractivity contribution >= 4 is 23.2 Å². The van der Waals surface area contributed by atoms with Crippen molar-refractivity contribution in [1.29, 1.82) is 0 Å². The first kappa shape index (κ1) is 18.9. The van der Waals surface area contributed by atoms with Gasteiger partial charge in [-0.2, -0.15) is 0 Å². The van der Waals surface area contributed by atoms with Crippen LogP contribution in [0.5, 0.6) is 17.2 Å². The molecule has 0 fully saturated rings. The third kappa shape index (κ3) is 3.38. The minimum absolute atomic E-state index is 0.103. The number of carbonyl (C=O) groups excluding carboxylic acids is 1. The third-order valence-electron chi connectivity index (χ3n) is 5.35. The van der Waals surface area contributed by atoms with E-state index in [1.54, 1.807) is 24.5 Å². The van der Waals surface area contributed by atoms with Gasteiger partial charge in [-0.15, -0.1) is 11.3 Å². The average molecular weight is 420 g/mol. The van der Waals surface area contributed by atoms with E-state index in [0.717, 1.165) is 41.3 Å². The Morgan fingerprint density at radius 1 is 1.20 bits per heavy atom. The number of nitrogens with zero attached hydrogens (tertiary/aromatic N) is 1. The van der Waals surface area contributed by atoms with Gasteiger partial charge in [0.2, 0.25) is 5.78 Å². The molecule has 1 aromatic heterocycles. The van der Waals surface area contributed by atoms with Crippen molar-refractivity contribution in [2.24, 2.45) is 0 Å². The number of fused-ring (bicyclic) bond motifs is 2. The predicted octanol–water partition coefficient (Wildman–Crippen LogP) is 5.03. The Morgan fingerprint density at radius 3 is 2.90 bits per heavy atom. The third-order valence-corrected chi connectivity index (χ3v) is 6.21. The molecule has 2 aromatic carbocycles. The molecule has 0 amide bonds. The van der Waals surface area contributed by atoms with Crippen LogP contribution in [0.3, 0.4) is 0 Å². The zero-order valence-electron chi connectivity index (χ0n) is 16.8. The normalized spacial score (nSPS) is 16.7. The van der Waals surface area contributed by atoms with Crippen LogP contribution in [-0.4, -0.2) is 24.5 Å². The molecule has 152 valence electrons. The molecule has 0 saturated heterocycles. The van der Waals surface area contributed by atoms with Gasteiger partial charge >= 0.3 is 0 Å². The second-order valence-corrected chi connectivity index (χ2v) is 8.45. The van der Waals surface area contributed by atoms with Gasteiger partial charge in [-0.3, -0.25) is 9.69 Å². The second kappa shape index (κ2) is 7.63. The molecule has 2 aliphatic heterocycles. The summed E-state index contributed by atoms with van der Waals surface area (Å²) >= 11 is 1.74. The molecule has 0 atom stereocenters. The first-order valence-corrected chi connectivity index (χ1v) is 10.6. The summed E-state index contributed by atoms with van der Waals surface area (Å²) in [6, 6.07) is 13.6. The maximum atomic E-state index is 13.1. The van der Waals surface area contributed by atoms with Gasteiger partial charge in [0.15, 0.2) is 5.76 Å². The van der Waals surface area contributed by atoms with E-state index in [-0.39, 0.29) is 5.78 Å².